The highest BCUT2D eigenvalue weighted by Crippen LogP contribution is 2.18. The van der Waals surface area contributed by atoms with Crippen LogP contribution in [0.5, 0.6) is 0 Å². The van der Waals surface area contributed by atoms with Crippen molar-refractivity contribution in [1.29, 1.82) is 0 Å². The Bertz CT molecular complexity index is 1350. The van der Waals surface area contributed by atoms with E-state index in [0.717, 1.165) is 64.2 Å². The summed E-state index contributed by atoms with van der Waals surface area (Å²) in [5.41, 5.74) is 0. The Balaban J connectivity index is 4.65. The first-order valence-electron chi connectivity index (χ1n) is 29.0. The second-order valence-electron chi connectivity index (χ2n) is 19.5. The van der Waals surface area contributed by atoms with Crippen molar-refractivity contribution < 1.29 is 24.5 Å². The number of ether oxygens (including phenoxy) is 1. The van der Waals surface area contributed by atoms with Crippen molar-refractivity contribution in [2.75, 3.05) is 6.61 Å². The third-order valence-corrected chi connectivity index (χ3v) is 12.8. The van der Waals surface area contributed by atoms with E-state index < -0.39 is 18.2 Å². The Kier molecular flexibility index (Phi) is 53.1. The Morgan fingerprint density at radius 2 is 0.855 bits per heavy atom. The Labute approximate surface area is 426 Å². The second-order valence-corrected chi connectivity index (χ2v) is 19.5. The third kappa shape index (κ3) is 51.0. The number of esters is 1. The molecule has 6 nitrogen and oxygen atoms in total. The van der Waals surface area contributed by atoms with Gasteiger partial charge in [0.1, 0.15) is 6.10 Å². The summed E-state index contributed by atoms with van der Waals surface area (Å²) in [5.74, 6) is -0.554. The summed E-state index contributed by atoms with van der Waals surface area (Å²) >= 11 is 0. The molecule has 396 valence electrons. The van der Waals surface area contributed by atoms with E-state index in [9.17, 15) is 19.8 Å². The number of carbonyl (C=O) groups excluding carboxylic acids is 2. The van der Waals surface area contributed by atoms with Crippen LogP contribution in [0.1, 0.15) is 265 Å². The average molecular weight is 961 g/mol. The van der Waals surface area contributed by atoms with Crippen molar-refractivity contribution in [2.24, 2.45) is 0 Å². The molecule has 3 atom stereocenters. The summed E-state index contributed by atoms with van der Waals surface area (Å²) in [6.45, 7) is 6.31. The van der Waals surface area contributed by atoms with Crippen LogP contribution in [0, 0.1) is 0 Å². The number of allylic oxidation sites excluding steroid dienone is 16. The monoisotopic (exact) mass is 960 g/mol. The van der Waals surface area contributed by atoms with Gasteiger partial charge >= 0.3 is 5.97 Å². The van der Waals surface area contributed by atoms with Gasteiger partial charge in [0.25, 0.3) is 0 Å². The second kappa shape index (κ2) is 55.7. The van der Waals surface area contributed by atoms with Gasteiger partial charge < -0.3 is 20.3 Å². The number of aliphatic hydroxyl groups excluding tert-OH is 2. The van der Waals surface area contributed by atoms with Crippen LogP contribution in [0.15, 0.2) is 97.2 Å². The molecule has 0 aromatic rings. The molecule has 0 saturated heterocycles. The van der Waals surface area contributed by atoms with Crippen LogP contribution in [0.2, 0.25) is 0 Å². The Morgan fingerprint density at radius 1 is 0.449 bits per heavy atom. The summed E-state index contributed by atoms with van der Waals surface area (Å²) < 4.78 is 5.92. The summed E-state index contributed by atoms with van der Waals surface area (Å²) in [5, 5.41) is 23.9. The molecule has 0 aliphatic carbocycles. The minimum Gasteiger partial charge on any atom is -0.462 e. The maximum absolute atomic E-state index is 13.3. The van der Waals surface area contributed by atoms with E-state index in [0.29, 0.717) is 19.3 Å². The lowest BCUT2D eigenvalue weighted by Crippen LogP contribution is -2.46. The van der Waals surface area contributed by atoms with Gasteiger partial charge in [-0.3, -0.25) is 9.59 Å². The molecule has 0 saturated carbocycles. The van der Waals surface area contributed by atoms with Crippen LogP contribution in [-0.4, -0.2) is 46.9 Å². The topological polar surface area (TPSA) is 95.9 Å². The van der Waals surface area contributed by atoms with Gasteiger partial charge in [0.2, 0.25) is 5.91 Å². The number of nitrogens with one attached hydrogen (secondary N) is 1. The van der Waals surface area contributed by atoms with Gasteiger partial charge in [0.15, 0.2) is 0 Å². The molecule has 0 aliphatic heterocycles. The first kappa shape index (κ1) is 65.8. The predicted molar refractivity (Wildman–Crippen MR) is 300 cm³/mol. The normalized spacial score (nSPS) is 13.9. The number of rotatable bonds is 51. The fourth-order valence-corrected chi connectivity index (χ4v) is 8.44. The number of unbranched alkanes of at least 4 members (excludes halogenated alkanes) is 28. The van der Waals surface area contributed by atoms with Crippen molar-refractivity contribution >= 4 is 11.9 Å². The molecule has 0 spiro atoms. The van der Waals surface area contributed by atoms with E-state index in [4.69, 9.17) is 4.74 Å². The molecular formula is C63H109NO5. The van der Waals surface area contributed by atoms with Gasteiger partial charge in [-0.15, -0.1) is 0 Å². The zero-order valence-corrected chi connectivity index (χ0v) is 45.2. The summed E-state index contributed by atoms with van der Waals surface area (Å²) in [4.78, 5) is 26.3. The maximum Gasteiger partial charge on any atom is 0.306 e. The molecular weight excluding hydrogens is 851 g/mol. The van der Waals surface area contributed by atoms with Crippen LogP contribution in [0.3, 0.4) is 0 Å². The highest BCUT2D eigenvalue weighted by molar-refractivity contribution is 5.77. The van der Waals surface area contributed by atoms with Gasteiger partial charge in [-0.2, -0.15) is 0 Å². The Hall–Kier alpha value is -3.22. The molecule has 0 bridgehead atoms. The number of carbonyl (C=O) groups is 2. The number of hydrogen-bond acceptors (Lipinski definition) is 5. The van der Waals surface area contributed by atoms with Crippen LogP contribution in [0.4, 0.5) is 0 Å². The number of aliphatic hydroxyl groups is 2. The first-order chi connectivity index (χ1) is 34.0. The molecule has 0 rings (SSSR count). The van der Waals surface area contributed by atoms with Gasteiger partial charge in [0.05, 0.1) is 25.2 Å². The van der Waals surface area contributed by atoms with Gasteiger partial charge in [0, 0.05) is 6.42 Å². The number of amides is 1. The van der Waals surface area contributed by atoms with Crippen LogP contribution < -0.4 is 5.32 Å². The van der Waals surface area contributed by atoms with Crippen LogP contribution in [0.25, 0.3) is 0 Å². The van der Waals surface area contributed by atoms with Gasteiger partial charge in [-0.05, 0) is 70.6 Å². The van der Waals surface area contributed by atoms with E-state index in [2.05, 4.69) is 62.5 Å². The number of hydrogen-bond donors (Lipinski definition) is 3. The lowest BCUT2D eigenvalue weighted by atomic mass is 10.0. The predicted octanol–water partition coefficient (Wildman–Crippen LogP) is 18.1. The van der Waals surface area contributed by atoms with Gasteiger partial charge in [-0.1, -0.05) is 279 Å². The van der Waals surface area contributed by atoms with E-state index in [1.807, 2.05) is 60.8 Å². The highest BCUT2D eigenvalue weighted by atomic mass is 16.5. The largest absolute Gasteiger partial charge is 0.462 e. The quantitative estimate of drug-likeness (QED) is 0.0244. The average Bonchev–Trinajstić information content (AvgIpc) is 3.34. The summed E-state index contributed by atoms with van der Waals surface area (Å²) in [6.07, 6.45) is 74.7. The molecule has 0 radical (unpaired) electrons. The molecule has 6 heteroatoms. The molecule has 1 amide bonds. The highest BCUT2D eigenvalue weighted by Gasteiger charge is 2.24. The Morgan fingerprint density at radius 3 is 1.35 bits per heavy atom. The molecule has 3 unspecified atom stereocenters. The van der Waals surface area contributed by atoms with Crippen molar-refractivity contribution in [3.8, 4) is 0 Å². The lowest BCUT2D eigenvalue weighted by Gasteiger charge is -2.24. The molecule has 0 aliphatic rings. The van der Waals surface area contributed by atoms with Crippen molar-refractivity contribution in [2.45, 2.75) is 283 Å². The molecule has 0 fully saturated rings. The summed E-state index contributed by atoms with van der Waals surface area (Å²) in [7, 11) is 0. The van der Waals surface area contributed by atoms with E-state index in [1.165, 1.54) is 154 Å². The molecule has 0 aromatic heterocycles. The van der Waals surface area contributed by atoms with Crippen LogP contribution >= 0.6 is 0 Å². The molecule has 3 N–H and O–H groups in total. The SMILES string of the molecule is CC\C=C/C=C/C=C/C=C\C=C\C=C\CCCC(CC(=O)NC(CO)C(O)CCCCCCCCCCCCCCCCCC)OC(=O)CCCCCCCCCCC/C=C\C/C=C\CCCCC. The molecule has 69 heavy (non-hydrogen) atoms. The van der Waals surface area contributed by atoms with Gasteiger partial charge in [-0.25, -0.2) is 0 Å². The molecule has 0 heterocycles. The minimum atomic E-state index is -0.815. The van der Waals surface area contributed by atoms with E-state index in [1.54, 1.807) is 0 Å². The fraction of sp³-hybridized carbons (Fsp3) is 0.714. The third-order valence-electron chi connectivity index (χ3n) is 12.8. The van der Waals surface area contributed by atoms with Crippen molar-refractivity contribution in [1.82, 2.24) is 5.32 Å². The minimum absolute atomic E-state index is 0.0207. The first-order valence-corrected chi connectivity index (χ1v) is 29.0. The lowest BCUT2D eigenvalue weighted by molar-refractivity contribution is -0.151. The van der Waals surface area contributed by atoms with Crippen LogP contribution in [-0.2, 0) is 14.3 Å². The standard InChI is InChI=1S/C63H109NO5/c1-4-7-10-13-16-19-22-25-28-30-31-32-35-38-41-44-47-50-53-56-63(68)69-59(54-51-48-45-42-39-36-33-27-24-21-18-15-12-9-6-3)57-62(67)64-60(58-65)61(66)55-52-49-46-43-40-37-34-29-26-23-20-17-14-11-8-5-2/h9,12,15-16,18-19,21,24-25,27-28,33,36,39,42,45,59-61,65-66H,4-8,10-11,13-14,17,20,22-23,26,29-32,34-35,37-38,40-41,43-44,46-58H2,1-3H3,(H,64,67)/b12-9-,18-15+,19-16-,24-21+,28-25-,33-27-,39-36+,45-42+. The zero-order chi connectivity index (χ0) is 50.2. The smallest absolute Gasteiger partial charge is 0.306 e. The maximum atomic E-state index is 13.3. The molecule has 0 aromatic carbocycles. The zero-order valence-electron chi connectivity index (χ0n) is 45.2. The fourth-order valence-electron chi connectivity index (χ4n) is 8.44. The van der Waals surface area contributed by atoms with Crippen molar-refractivity contribution in [3.63, 3.8) is 0 Å². The van der Waals surface area contributed by atoms with E-state index in [-0.39, 0.29) is 24.9 Å². The summed E-state index contributed by atoms with van der Waals surface area (Å²) in [6, 6.07) is -0.733. The van der Waals surface area contributed by atoms with E-state index >= 15 is 0 Å². The van der Waals surface area contributed by atoms with Crippen molar-refractivity contribution in [3.05, 3.63) is 97.2 Å².